The second-order valence-electron chi connectivity index (χ2n) is 7.53. The van der Waals surface area contributed by atoms with E-state index in [4.69, 9.17) is 4.74 Å². The number of fused-ring (bicyclic) bond motifs is 1. The molecule has 11 heteroatoms. The maximum Gasteiger partial charge on any atom is 0.406 e. The molecule has 0 unspecified atom stereocenters. The number of ether oxygens (including phenoxy) is 1. The number of anilines is 1. The van der Waals surface area contributed by atoms with Crippen LogP contribution in [0.2, 0.25) is 0 Å². The molecule has 0 aromatic carbocycles. The molecule has 3 rings (SSSR count). The smallest absolute Gasteiger partial charge is 0.383 e. The molecule has 0 amide bonds. The van der Waals surface area contributed by atoms with Crippen molar-refractivity contribution in [2.24, 2.45) is 0 Å². The maximum absolute atomic E-state index is 13.0. The molecule has 2 aromatic rings. The summed E-state index contributed by atoms with van der Waals surface area (Å²) in [6, 6.07) is 2.40. The lowest BCUT2D eigenvalue weighted by Gasteiger charge is -2.35. The molecule has 7 nitrogen and oxygen atoms in total. The summed E-state index contributed by atoms with van der Waals surface area (Å²) in [7, 11) is 3.79. The lowest BCUT2D eigenvalue weighted by molar-refractivity contribution is -0.140. The first-order valence-corrected chi connectivity index (χ1v) is 10.5. The average Bonchev–Trinajstić information content (AvgIpc) is 3.05. The van der Waals surface area contributed by atoms with E-state index in [9.17, 15) is 18.4 Å². The molecule has 164 valence electrons. The minimum atomic E-state index is -4.47. The Morgan fingerprint density at radius 3 is 2.67 bits per heavy atom. The van der Waals surface area contributed by atoms with Gasteiger partial charge in [0.05, 0.1) is 22.8 Å². The van der Waals surface area contributed by atoms with Crippen LogP contribution in [0.15, 0.2) is 10.7 Å². The van der Waals surface area contributed by atoms with E-state index in [1.807, 2.05) is 0 Å². The van der Waals surface area contributed by atoms with Crippen LogP contribution in [0, 0.1) is 11.3 Å². The first kappa shape index (κ1) is 22.8. The lowest BCUT2D eigenvalue weighted by atomic mass is 9.90. The van der Waals surface area contributed by atoms with Crippen LogP contribution in [-0.2, 0) is 11.3 Å². The molecule has 2 aromatic heterocycles. The fraction of sp³-hybridized carbons (Fsp3) is 0.632. The van der Waals surface area contributed by atoms with Gasteiger partial charge < -0.3 is 19.5 Å². The largest absolute Gasteiger partial charge is 0.406 e. The van der Waals surface area contributed by atoms with Crippen LogP contribution in [0.5, 0.6) is 0 Å². The van der Waals surface area contributed by atoms with Crippen molar-refractivity contribution in [2.45, 2.75) is 50.5 Å². The maximum atomic E-state index is 13.0. The van der Waals surface area contributed by atoms with E-state index >= 15 is 0 Å². The number of rotatable bonds is 7. The molecule has 1 saturated carbocycles. The number of likely N-dealkylation sites (N-methyl/N-ethyl adjacent to an activating group) is 1. The molecule has 0 bridgehead atoms. The van der Waals surface area contributed by atoms with Gasteiger partial charge in [0.25, 0.3) is 0 Å². The molecular formula is C19H24BrF3N6O. The summed E-state index contributed by atoms with van der Waals surface area (Å²) in [6.07, 6.45) is 0.826. The van der Waals surface area contributed by atoms with Crippen molar-refractivity contribution < 1.29 is 17.9 Å². The van der Waals surface area contributed by atoms with E-state index in [-0.39, 0.29) is 22.9 Å². The monoisotopic (exact) mass is 488 g/mol. The number of nitrogens with zero attached hydrogens (tertiary/aromatic N) is 5. The number of nitriles is 1. The first-order chi connectivity index (χ1) is 14.2. The summed E-state index contributed by atoms with van der Waals surface area (Å²) in [4.78, 5) is 10.6. The Labute approximate surface area is 181 Å². The molecular weight excluding hydrogens is 465 g/mol. The van der Waals surface area contributed by atoms with Gasteiger partial charge in [-0.25, -0.2) is 9.97 Å². The molecule has 30 heavy (non-hydrogen) atoms. The quantitative estimate of drug-likeness (QED) is 0.635. The molecule has 0 spiro atoms. The zero-order valence-electron chi connectivity index (χ0n) is 16.8. The second-order valence-corrected chi connectivity index (χ2v) is 8.32. The molecule has 1 aliphatic carbocycles. The summed E-state index contributed by atoms with van der Waals surface area (Å²) >= 11 is 3.39. The van der Waals surface area contributed by atoms with Crippen LogP contribution in [0.3, 0.4) is 0 Å². The Bertz CT molecular complexity index is 918. The number of nitrogens with one attached hydrogen (secondary N) is 1. The fourth-order valence-corrected chi connectivity index (χ4v) is 4.51. The third-order valence-electron chi connectivity index (χ3n) is 5.47. The van der Waals surface area contributed by atoms with E-state index in [1.165, 1.54) is 6.20 Å². The van der Waals surface area contributed by atoms with E-state index in [0.717, 1.165) is 36.8 Å². The topological polar surface area (TPSA) is 79.0 Å². The van der Waals surface area contributed by atoms with Crippen molar-refractivity contribution in [2.75, 3.05) is 32.6 Å². The lowest BCUT2D eigenvalue weighted by Crippen LogP contribution is -2.39. The molecule has 1 fully saturated rings. The summed E-state index contributed by atoms with van der Waals surface area (Å²) in [5, 5.41) is 12.6. The average molecular weight is 489 g/mol. The molecule has 0 atom stereocenters. The van der Waals surface area contributed by atoms with Gasteiger partial charge in [0, 0.05) is 25.7 Å². The van der Waals surface area contributed by atoms with Crippen LogP contribution >= 0.6 is 15.9 Å². The van der Waals surface area contributed by atoms with Gasteiger partial charge in [-0.3, -0.25) is 0 Å². The number of hydrogen-bond donors (Lipinski definition) is 1. The zero-order valence-corrected chi connectivity index (χ0v) is 18.4. The number of halogens is 4. The van der Waals surface area contributed by atoms with Crippen LogP contribution in [0.25, 0.3) is 11.0 Å². The number of imidazole rings is 1. The molecule has 0 radical (unpaired) electrons. The summed E-state index contributed by atoms with van der Waals surface area (Å²) in [5.41, 5.74) is 0.464. The SMILES string of the molecule is COCCN(C)C1CCC(Nc2ncc3nc(C#N)n(CC(F)(F)F)c3c2Br)CC1. The summed E-state index contributed by atoms with van der Waals surface area (Å²) in [6.45, 7) is 0.294. The van der Waals surface area contributed by atoms with Gasteiger partial charge in [0.15, 0.2) is 0 Å². The van der Waals surface area contributed by atoms with Gasteiger partial charge in [0.1, 0.15) is 23.9 Å². The van der Waals surface area contributed by atoms with Crippen molar-refractivity contribution in [1.29, 1.82) is 5.26 Å². The third kappa shape index (κ3) is 5.22. The van der Waals surface area contributed by atoms with Gasteiger partial charge in [-0.2, -0.15) is 18.4 Å². The predicted octanol–water partition coefficient (Wildman–Crippen LogP) is 3.93. The zero-order chi connectivity index (χ0) is 21.9. The van der Waals surface area contributed by atoms with Crippen LogP contribution in [0.4, 0.5) is 19.0 Å². The number of pyridine rings is 1. The number of hydrogen-bond acceptors (Lipinski definition) is 6. The number of methoxy groups -OCH3 is 1. The number of alkyl halides is 3. The van der Waals surface area contributed by atoms with E-state index in [2.05, 4.69) is 43.2 Å². The Balaban J connectivity index is 1.76. The Hall–Kier alpha value is -1.90. The van der Waals surface area contributed by atoms with Crippen molar-refractivity contribution in [3.05, 3.63) is 16.5 Å². The van der Waals surface area contributed by atoms with Crippen molar-refractivity contribution >= 4 is 32.8 Å². The molecule has 2 heterocycles. The van der Waals surface area contributed by atoms with Crippen LogP contribution < -0.4 is 5.32 Å². The molecule has 1 N–H and O–H groups in total. The second kappa shape index (κ2) is 9.49. The van der Waals surface area contributed by atoms with Gasteiger partial charge in [-0.05, 0) is 48.7 Å². The molecule has 0 aliphatic heterocycles. The van der Waals surface area contributed by atoms with Crippen LogP contribution in [0.1, 0.15) is 31.5 Å². The van der Waals surface area contributed by atoms with Crippen LogP contribution in [-0.4, -0.2) is 65.0 Å². The molecule has 1 aliphatic rings. The Kier molecular flexibility index (Phi) is 7.21. The van der Waals surface area contributed by atoms with Gasteiger partial charge in [-0.1, -0.05) is 0 Å². The highest BCUT2D eigenvalue weighted by Crippen LogP contribution is 2.34. The normalized spacial score (nSPS) is 19.9. The summed E-state index contributed by atoms with van der Waals surface area (Å²) in [5.74, 6) is 0.174. The highest BCUT2D eigenvalue weighted by atomic mass is 79.9. The van der Waals surface area contributed by atoms with Gasteiger partial charge in [-0.15, -0.1) is 0 Å². The highest BCUT2D eigenvalue weighted by molar-refractivity contribution is 9.10. The first-order valence-electron chi connectivity index (χ1n) is 9.70. The predicted molar refractivity (Wildman–Crippen MR) is 110 cm³/mol. The van der Waals surface area contributed by atoms with Crippen molar-refractivity contribution in [3.63, 3.8) is 0 Å². The summed E-state index contributed by atoms with van der Waals surface area (Å²) < 4.78 is 45.5. The van der Waals surface area contributed by atoms with Gasteiger partial charge in [0.2, 0.25) is 5.82 Å². The third-order valence-corrected chi connectivity index (χ3v) is 6.22. The van der Waals surface area contributed by atoms with E-state index in [0.29, 0.717) is 22.9 Å². The van der Waals surface area contributed by atoms with Crippen molar-refractivity contribution in [1.82, 2.24) is 19.4 Å². The van der Waals surface area contributed by atoms with Gasteiger partial charge >= 0.3 is 6.18 Å². The van der Waals surface area contributed by atoms with Crippen molar-refractivity contribution in [3.8, 4) is 6.07 Å². The molecule has 0 saturated heterocycles. The number of aromatic nitrogens is 3. The fourth-order valence-electron chi connectivity index (χ4n) is 3.88. The Morgan fingerprint density at radius 1 is 1.37 bits per heavy atom. The minimum absolute atomic E-state index is 0.174. The minimum Gasteiger partial charge on any atom is -0.383 e. The Morgan fingerprint density at radius 2 is 2.07 bits per heavy atom. The highest BCUT2D eigenvalue weighted by Gasteiger charge is 2.32. The van der Waals surface area contributed by atoms with E-state index in [1.54, 1.807) is 13.2 Å². The van der Waals surface area contributed by atoms with E-state index < -0.39 is 12.7 Å². The standard InChI is InChI=1S/C19H24BrF3N6O/c1-28(7-8-30-2)13-5-3-12(4-6-13)26-18-16(20)17-14(10-25-18)27-15(9-24)29(17)11-19(21,22)23/h10,12-13H,3-8,11H2,1-2H3,(H,25,26).